The van der Waals surface area contributed by atoms with Gasteiger partial charge in [-0.1, -0.05) is 25.0 Å². The highest BCUT2D eigenvalue weighted by molar-refractivity contribution is 7.89. The zero-order valence-electron chi connectivity index (χ0n) is 20.8. The van der Waals surface area contributed by atoms with Crippen LogP contribution in [0.15, 0.2) is 29.2 Å². The van der Waals surface area contributed by atoms with Crippen LogP contribution in [-0.4, -0.2) is 63.3 Å². The number of ether oxygens (including phenoxy) is 2. The third kappa shape index (κ3) is 6.32. The Labute approximate surface area is 215 Å². The van der Waals surface area contributed by atoms with Crippen LogP contribution in [0.2, 0.25) is 0 Å². The predicted octanol–water partition coefficient (Wildman–Crippen LogP) is 4.27. The standard InChI is InChI=1S/C25H32N2O7S2/c1-4-33-24(29)21-17(3)22(25(30)34-5-2)35-23(21)26-16-20(28)18-11-10-12-19(15-18)36(31,32)27-13-8-6-7-9-14-27/h10-12,15,26H,4-9,13-14,16H2,1-3H3. The minimum atomic E-state index is -3.70. The van der Waals surface area contributed by atoms with E-state index in [0.717, 1.165) is 37.0 Å². The van der Waals surface area contributed by atoms with E-state index in [-0.39, 0.29) is 46.4 Å². The molecule has 11 heteroatoms. The first-order valence-electron chi connectivity index (χ1n) is 12.1. The van der Waals surface area contributed by atoms with Crippen molar-refractivity contribution >= 4 is 44.1 Å². The SMILES string of the molecule is CCOC(=O)c1sc(NCC(=O)c2cccc(S(=O)(=O)N3CCCCCC3)c2)c(C(=O)OCC)c1C. The average molecular weight is 537 g/mol. The van der Waals surface area contributed by atoms with Gasteiger partial charge in [-0.05, 0) is 51.3 Å². The first-order valence-corrected chi connectivity index (χ1v) is 14.3. The molecule has 196 valence electrons. The van der Waals surface area contributed by atoms with Crippen molar-refractivity contribution in [3.05, 3.63) is 45.8 Å². The number of thiophene rings is 1. The van der Waals surface area contributed by atoms with Crippen molar-refractivity contribution in [3.8, 4) is 0 Å². The minimum absolute atomic E-state index is 0.0824. The van der Waals surface area contributed by atoms with Gasteiger partial charge >= 0.3 is 11.9 Å². The lowest BCUT2D eigenvalue weighted by Crippen LogP contribution is -2.32. The number of nitrogens with one attached hydrogen (secondary N) is 1. The van der Waals surface area contributed by atoms with Crippen molar-refractivity contribution in [2.24, 2.45) is 0 Å². The highest BCUT2D eigenvalue weighted by atomic mass is 32.2. The predicted molar refractivity (Wildman–Crippen MR) is 137 cm³/mol. The Balaban J connectivity index is 1.81. The number of hydrogen-bond donors (Lipinski definition) is 1. The molecule has 0 saturated carbocycles. The Morgan fingerprint density at radius 3 is 2.28 bits per heavy atom. The molecule has 1 fully saturated rings. The molecule has 2 aromatic rings. The second-order valence-electron chi connectivity index (χ2n) is 8.32. The molecule has 1 aromatic heterocycles. The highest BCUT2D eigenvalue weighted by Crippen LogP contribution is 2.34. The maximum absolute atomic E-state index is 13.1. The number of esters is 2. The van der Waals surface area contributed by atoms with Crippen LogP contribution < -0.4 is 5.32 Å². The maximum Gasteiger partial charge on any atom is 0.348 e. The van der Waals surface area contributed by atoms with Gasteiger partial charge in [-0.25, -0.2) is 18.0 Å². The van der Waals surface area contributed by atoms with E-state index >= 15 is 0 Å². The molecule has 1 aliphatic heterocycles. The van der Waals surface area contributed by atoms with Gasteiger partial charge in [-0.15, -0.1) is 11.3 Å². The lowest BCUT2D eigenvalue weighted by Gasteiger charge is -2.20. The number of rotatable bonds is 10. The topological polar surface area (TPSA) is 119 Å². The van der Waals surface area contributed by atoms with Crippen molar-refractivity contribution in [3.63, 3.8) is 0 Å². The molecule has 3 rings (SSSR count). The van der Waals surface area contributed by atoms with Crippen molar-refractivity contribution < 1.29 is 32.3 Å². The molecule has 0 radical (unpaired) electrons. The van der Waals surface area contributed by atoms with Gasteiger partial charge in [0.05, 0.1) is 30.2 Å². The van der Waals surface area contributed by atoms with Gasteiger partial charge in [-0.2, -0.15) is 4.31 Å². The largest absolute Gasteiger partial charge is 0.462 e. The number of benzene rings is 1. The molecule has 0 atom stereocenters. The van der Waals surface area contributed by atoms with Gasteiger partial charge in [-0.3, -0.25) is 4.79 Å². The molecule has 1 aliphatic rings. The smallest absolute Gasteiger partial charge is 0.348 e. The molecule has 0 unspecified atom stereocenters. The highest BCUT2D eigenvalue weighted by Gasteiger charge is 2.28. The molecule has 36 heavy (non-hydrogen) atoms. The number of carbonyl (C=O) groups is 3. The van der Waals surface area contributed by atoms with Crippen LogP contribution in [0.4, 0.5) is 5.00 Å². The molecule has 1 aromatic carbocycles. The Bertz CT molecular complexity index is 1210. The van der Waals surface area contributed by atoms with Gasteiger partial charge < -0.3 is 14.8 Å². The molecule has 0 aliphatic carbocycles. The second kappa shape index (κ2) is 12.5. The molecule has 0 bridgehead atoms. The van der Waals surface area contributed by atoms with Crippen LogP contribution in [-0.2, 0) is 19.5 Å². The Kier molecular flexibility index (Phi) is 9.63. The van der Waals surface area contributed by atoms with Crippen molar-refractivity contribution in [2.45, 2.75) is 51.3 Å². The van der Waals surface area contributed by atoms with Crippen molar-refractivity contribution in [2.75, 3.05) is 38.2 Å². The summed E-state index contributed by atoms with van der Waals surface area (Å²) >= 11 is 1.01. The summed E-state index contributed by atoms with van der Waals surface area (Å²) in [5.41, 5.74) is 0.822. The molecular weight excluding hydrogens is 504 g/mol. The lowest BCUT2D eigenvalue weighted by molar-refractivity contribution is 0.0527. The number of ketones is 1. The van der Waals surface area contributed by atoms with Crippen molar-refractivity contribution in [1.29, 1.82) is 0 Å². The van der Waals surface area contributed by atoms with E-state index in [1.165, 1.54) is 16.4 Å². The van der Waals surface area contributed by atoms with E-state index in [2.05, 4.69) is 5.32 Å². The van der Waals surface area contributed by atoms with Crippen LogP contribution in [0, 0.1) is 6.92 Å². The van der Waals surface area contributed by atoms with Gasteiger partial charge in [0.25, 0.3) is 0 Å². The van der Waals surface area contributed by atoms with Gasteiger partial charge in [0.2, 0.25) is 10.0 Å². The van der Waals surface area contributed by atoms with Crippen LogP contribution in [0.25, 0.3) is 0 Å². The molecule has 1 N–H and O–H groups in total. The normalized spacial score (nSPS) is 14.6. The summed E-state index contributed by atoms with van der Waals surface area (Å²) in [5.74, 6) is -1.53. The lowest BCUT2D eigenvalue weighted by atomic mass is 10.1. The van der Waals surface area contributed by atoms with Gasteiger partial charge in [0.1, 0.15) is 9.88 Å². The fourth-order valence-corrected chi connectivity index (χ4v) is 6.65. The fraction of sp³-hybridized carbons (Fsp3) is 0.480. The maximum atomic E-state index is 13.1. The van der Waals surface area contributed by atoms with E-state index in [0.29, 0.717) is 23.7 Å². The summed E-state index contributed by atoms with van der Waals surface area (Å²) in [6.07, 6.45) is 3.64. The molecule has 0 amide bonds. The summed E-state index contributed by atoms with van der Waals surface area (Å²) in [6, 6.07) is 6.00. The third-order valence-corrected chi connectivity index (χ3v) is 8.98. The van der Waals surface area contributed by atoms with E-state index in [9.17, 15) is 22.8 Å². The zero-order valence-corrected chi connectivity index (χ0v) is 22.4. The molecule has 2 heterocycles. The van der Waals surface area contributed by atoms with E-state index in [4.69, 9.17) is 9.47 Å². The summed E-state index contributed by atoms with van der Waals surface area (Å²) in [6.45, 7) is 6.06. The summed E-state index contributed by atoms with van der Waals surface area (Å²) in [5, 5.41) is 3.25. The van der Waals surface area contributed by atoms with E-state index in [1.807, 2.05) is 0 Å². The van der Waals surface area contributed by atoms with Crippen LogP contribution in [0.5, 0.6) is 0 Å². The first-order chi connectivity index (χ1) is 17.2. The average Bonchev–Trinajstić information content (AvgIpc) is 3.01. The van der Waals surface area contributed by atoms with Crippen LogP contribution in [0.1, 0.15) is 75.5 Å². The second-order valence-corrected chi connectivity index (χ2v) is 11.3. The van der Waals surface area contributed by atoms with Gasteiger partial charge in [0.15, 0.2) is 5.78 Å². The molecule has 0 spiro atoms. The number of Topliss-reactive ketones (excluding diaryl/α,β-unsaturated/α-hetero) is 1. The molecule has 9 nitrogen and oxygen atoms in total. The Hall–Kier alpha value is -2.76. The first kappa shape index (κ1) is 27.8. The summed E-state index contributed by atoms with van der Waals surface area (Å²) in [4.78, 5) is 38.2. The monoisotopic (exact) mass is 536 g/mol. The quantitative estimate of drug-likeness (QED) is 0.353. The summed E-state index contributed by atoms with van der Waals surface area (Å²) < 4.78 is 38.0. The number of anilines is 1. The van der Waals surface area contributed by atoms with Crippen molar-refractivity contribution in [1.82, 2.24) is 4.31 Å². The van der Waals surface area contributed by atoms with Gasteiger partial charge in [0, 0.05) is 18.7 Å². The molecule has 1 saturated heterocycles. The zero-order chi connectivity index (χ0) is 26.3. The van der Waals surface area contributed by atoms with E-state index in [1.54, 1.807) is 32.9 Å². The minimum Gasteiger partial charge on any atom is -0.462 e. The Morgan fingerprint density at radius 2 is 1.64 bits per heavy atom. The van der Waals surface area contributed by atoms with E-state index < -0.39 is 22.0 Å². The van der Waals surface area contributed by atoms with Crippen LogP contribution in [0.3, 0.4) is 0 Å². The fourth-order valence-electron chi connectivity index (χ4n) is 4.00. The Morgan fingerprint density at radius 1 is 1.00 bits per heavy atom. The number of hydrogen-bond acceptors (Lipinski definition) is 9. The number of carbonyl (C=O) groups excluding carboxylic acids is 3. The number of nitrogens with zero attached hydrogens (tertiary/aromatic N) is 1. The third-order valence-electron chi connectivity index (χ3n) is 5.86. The van der Waals surface area contributed by atoms with Crippen LogP contribution >= 0.6 is 11.3 Å². The summed E-state index contributed by atoms with van der Waals surface area (Å²) in [7, 11) is -3.70. The molecular formula is C25H32N2O7S2. The number of sulfonamides is 1.